The van der Waals surface area contributed by atoms with Gasteiger partial charge >= 0.3 is 0 Å². The van der Waals surface area contributed by atoms with Crippen molar-refractivity contribution >= 4 is 33.5 Å². The van der Waals surface area contributed by atoms with Gasteiger partial charge in [0.05, 0.1) is 6.61 Å². The third kappa shape index (κ3) is 1.71. The molecule has 1 heterocycles. The molecule has 68 valence electrons. The molecule has 2 nitrogen and oxygen atoms in total. The Kier molecular flexibility index (Phi) is 2.55. The first-order valence-corrected chi connectivity index (χ1v) is 5.24. The molecule has 0 unspecified atom stereocenters. The molecule has 0 atom stereocenters. The Morgan fingerprint density at radius 1 is 1.31 bits per heavy atom. The summed E-state index contributed by atoms with van der Waals surface area (Å²) >= 11 is 2.30. The van der Waals surface area contributed by atoms with Crippen LogP contribution < -0.4 is 0 Å². The van der Waals surface area contributed by atoms with Crippen molar-refractivity contribution in [3.8, 4) is 0 Å². The molecule has 3 heteroatoms. The van der Waals surface area contributed by atoms with Crippen molar-refractivity contribution in [3.05, 3.63) is 34.0 Å². The monoisotopic (exact) mass is 287 g/mol. The molecule has 1 aromatic heterocycles. The topological polar surface area (TPSA) is 25.2 Å². The fourth-order valence-corrected chi connectivity index (χ4v) is 1.99. The van der Waals surface area contributed by atoms with E-state index in [0.717, 1.165) is 0 Å². The Hall–Kier alpha value is -0.550. The van der Waals surface area contributed by atoms with Gasteiger partial charge in [-0.2, -0.15) is 0 Å². The van der Waals surface area contributed by atoms with E-state index in [1.54, 1.807) is 0 Å². The van der Waals surface area contributed by atoms with Crippen LogP contribution in [0.15, 0.2) is 30.5 Å². The fraction of sp³-hybridized carbons (Fsp3) is 0.200. The molecule has 1 aromatic carbocycles. The number of benzene rings is 1. The van der Waals surface area contributed by atoms with Crippen LogP contribution in [0.5, 0.6) is 0 Å². The molecule has 2 aromatic rings. The molecule has 1 N–H and O–H groups in total. The lowest BCUT2D eigenvalue weighted by Gasteiger charge is -2.01. The number of aromatic nitrogens is 1. The highest BCUT2D eigenvalue weighted by Gasteiger charge is 1.99. The van der Waals surface area contributed by atoms with E-state index in [2.05, 4.69) is 51.4 Å². The summed E-state index contributed by atoms with van der Waals surface area (Å²) in [7, 11) is 0. The van der Waals surface area contributed by atoms with E-state index in [9.17, 15) is 0 Å². The van der Waals surface area contributed by atoms with Crippen LogP contribution in [0.2, 0.25) is 0 Å². The molecule has 0 amide bonds. The maximum Gasteiger partial charge on any atom is 0.0610 e. The van der Waals surface area contributed by atoms with E-state index in [1.165, 1.54) is 14.5 Å². The number of hydrogen-bond donors (Lipinski definition) is 1. The Bertz CT molecular complexity index is 422. The van der Waals surface area contributed by atoms with E-state index in [-0.39, 0.29) is 6.61 Å². The predicted octanol–water partition coefficient (Wildman–Crippen LogP) is 2.24. The van der Waals surface area contributed by atoms with Gasteiger partial charge in [-0.3, -0.25) is 0 Å². The number of fused-ring (bicyclic) bond motifs is 1. The summed E-state index contributed by atoms with van der Waals surface area (Å²) in [6.07, 6.45) is 2.01. The number of rotatable bonds is 2. The fourth-order valence-electron chi connectivity index (χ4n) is 1.47. The zero-order valence-corrected chi connectivity index (χ0v) is 9.23. The van der Waals surface area contributed by atoms with Gasteiger partial charge in [-0.05, 0) is 46.9 Å². The summed E-state index contributed by atoms with van der Waals surface area (Å²) in [4.78, 5) is 0. The lowest BCUT2D eigenvalue weighted by molar-refractivity contribution is 0.278. The molecule has 0 saturated carbocycles. The molecule has 0 fully saturated rings. The Balaban J connectivity index is 2.55. The van der Waals surface area contributed by atoms with E-state index in [1.807, 2.05) is 6.20 Å². The standard InChI is InChI=1S/C10H10INO/c11-9-1-2-10-8(7-9)3-4-12(10)5-6-13/h1-4,7,13H,5-6H2. The normalized spacial score (nSPS) is 10.9. The SMILES string of the molecule is OCCn1ccc2cc(I)ccc21. The lowest BCUT2D eigenvalue weighted by Crippen LogP contribution is -1.99. The van der Waals surface area contributed by atoms with Crippen LogP contribution in [-0.4, -0.2) is 16.3 Å². The summed E-state index contributed by atoms with van der Waals surface area (Å²) in [5.41, 5.74) is 1.19. The number of nitrogens with zero attached hydrogens (tertiary/aromatic N) is 1. The van der Waals surface area contributed by atoms with Gasteiger partial charge in [0.2, 0.25) is 0 Å². The molecule has 2 rings (SSSR count). The highest BCUT2D eigenvalue weighted by atomic mass is 127. The van der Waals surface area contributed by atoms with Crippen LogP contribution >= 0.6 is 22.6 Å². The van der Waals surface area contributed by atoms with Crippen LogP contribution in [0.3, 0.4) is 0 Å². The Morgan fingerprint density at radius 3 is 2.92 bits per heavy atom. The lowest BCUT2D eigenvalue weighted by atomic mass is 10.2. The first kappa shape index (κ1) is 9.02. The van der Waals surface area contributed by atoms with E-state index in [4.69, 9.17) is 5.11 Å². The minimum absolute atomic E-state index is 0.190. The highest BCUT2D eigenvalue weighted by Crippen LogP contribution is 2.18. The first-order chi connectivity index (χ1) is 6.31. The molecular weight excluding hydrogens is 277 g/mol. The molecule has 0 spiro atoms. The van der Waals surface area contributed by atoms with Gasteiger partial charge in [0.25, 0.3) is 0 Å². The number of aliphatic hydroxyl groups is 1. The van der Waals surface area contributed by atoms with Gasteiger partial charge < -0.3 is 9.67 Å². The van der Waals surface area contributed by atoms with Gasteiger partial charge in [0.15, 0.2) is 0 Å². The van der Waals surface area contributed by atoms with Crippen LogP contribution in [0.1, 0.15) is 0 Å². The second-order valence-corrected chi connectivity index (χ2v) is 4.18. The van der Waals surface area contributed by atoms with E-state index in [0.29, 0.717) is 6.54 Å². The second-order valence-electron chi connectivity index (χ2n) is 2.94. The zero-order chi connectivity index (χ0) is 9.26. The van der Waals surface area contributed by atoms with Gasteiger partial charge in [0.1, 0.15) is 0 Å². The molecule has 0 aliphatic carbocycles. The minimum Gasteiger partial charge on any atom is -0.395 e. The highest BCUT2D eigenvalue weighted by molar-refractivity contribution is 14.1. The third-order valence-electron chi connectivity index (χ3n) is 2.07. The average molecular weight is 287 g/mol. The first-order valence-electron chi connectivity index (χ1n) is 4.16. The van der Waals surface area contributed by atoms with Crippen LogP contribution in [-0.2, 0) is 6.54 Å². The summed E-state index contributed by atoms with van der Waals surface area (Å²) in [6.45, 7) is 0.861. The summed E-state index contributed by atoms with van der Waals surface area (Å²) in [6, 6.07) is 8.39. The van der Waals surface area contributed by atoms with Crippen molar-refractivity contribution in [3.63, 3.8) is 0 Å². The smallest absolute Gasteiger partial charge is 0.0610 e. The van der Waals surface area contributed by atoms with Crippen molar-refractivity contribution in [1.82, 2.24) is 4.57 Å². The van der Waals surface area contributed by atoms with Crippen molar-refractivity contribution in [2.75, 3.05) is 6.61 Å². The molecular formula is C10H10INO. The second kappa shape index (κ2) is 3.67. The van der Waals surface area contributed by atoms with E-state index < -0.39 is 0 Å². The Morgan fingerprint density at radius 2 is 2.15 bits per heavy atom. The van der Waals surface area contributed by atoms with Crippen molar-refractivity contribution < 1.29 is 5.11 Å². The third-order valence-corrected chi connectivity index (χ3v) is 2.74. The minimum atomic E-state index is 0.190. The van der Waals surface area contributed by atoms with Crippen molar-refractivity contribution in [2.24, 2.45) is 0 Å². The summed E-state index contributed by atoms with van der Waals surface area (Å²) in [5.74, 6) is 0. The van der Waals surface area contributed by atoms with Gasteiger partial charge in [-0.25, -0.2) is 0 Å². The maximum atomic E-state index is 8.83. The summed E-state index contributed by atoms with van der Waals surface area (Å²) in [5, 5.41) is 10.1. The van der Waals surface area contributed by atoms with Crippen LogP contribution in [0.25, 0.3) is 10.9 Å². The summed E-state index contributed by atoms with van der Waals surface area (Å²) < 4.78 is 3.30. The molecule has 0 aliphatic rings. The number of halogens is 1. The van der Waals surface area contributed by atoms with Gasteiger partial charge in [-0.15, -0.1) is 0 Å². The van der Waals surface area contributed by atoms with Gasteiger partial charge in [-0.1, -0.05) is 0 Å². The molecule has 13 heavy (non-hydrogen) atoms. The average Bonchev–Trinajstić information content (AvgIpc) is 2.49. The Labute approximate surface area is 90.3 Å². The molecule has 0 bridgehead atoms. The largest absolute Gasteiger partial charge is 0.395 e. The van der Waals surface area contributed by atoms with Crippen LogP contribution in [0.4, 0.5) is 0 Å². The molecule has 0 radical (unpaired) electrons. The quantitative estimate of drug-likeness (QED) is 0.842. The van der Waals surface area contributed by atoms with Crippen LogP contribution in [0, 0.1) is 3.57 Å². The molecule has 0 saturated heterocycles. The molecule has 0 aliphatic heterocycles. The van der Waals surface area contributed by atoms with Crippen molar-refractivity contribution in [1.29, 1.82) is 0 Å². The maximum absolute atomic E-state index is 8.83. The van der Waals surface area contributed by atoms with Gasteiger partial charge in [0, 0.05) is 27.2 Å². The van der Waals surface area contributed by atoms with Crippen molar-refractivity contribution in [2.45, 2.75) is 6.54 Å². The predicted molar refractivity (Wildman–Crippen MR) is 61.7 cm³/mol. The number of aliphatic hydroxyl groups excluding tert-OH is 1. The van der Waals surface area contributed by atoms with E-state index >= 15 is 0 Å². The number of hydrogen-bond acceptors (Lipinski definition) is 1. The zero-order valence-electron chi connectivity index (χ0n) is 7.07.